The summed E-state index contributed by atoms with van der Waals surface area (Å²) in [6.07, 6.45) is 2.04. The zero-order valence-electron chi connectivity index (χ0n) is 7.63. The van der Waals surface area contributed by atoms with Crippen LogP contribution in [0.25, 0.3) is 0 Å². The lowest BCUT2D eigenvalue weighted by molar-refractivity contribution is -0.137. The second kappa shape index (κ2) is 5.06. The minimum absolute atomic E-state index is 0.0990. The standard InChI is InChI=1S/C9H12N2O3/c12-9(13)5-3-6-10-8-4-1-2-7-11(8)14/h1-2,4,7,14H,3,5-6H2,(H,12,13). The predicted octanol–water partition coefficient (Wildman–Crippen LogP) is 0.491. The molecule has 2 N–H and O–H groups in total. The van der Waals surface area contributed by atoms with E-state index in [-0.39, 0.29) is 6.42 Å². The number of carboxylic acids is 1. The second-order valence-electron chi connectivity index (χ2n) is 2.78. The van der Waals surface area contributed by atoms with Crippen LogP contribution in [0.3, 0.4) is 0 Å². The van der Waals surface area contributed by atoms with Gasteiger partial charge in [0.05, 0.1) is 0 Å². The average Bonchev–Trinajstić information content (AvgIpc) is 2.15. The van der Waals surface area contributed by atoms with Gasteiger partial charge in [0, 0.05) is 19.2 Å². The summed E-state index contributed by atoms with van der Waals surface area (Å²) in [4.78, 5) is 14.2. The Morgan fingerprint density at radius 2 is 2.29 bits per heavy atom. The maximum atomic E-state index is 10.2. The van der Waals surface area contributed by atoms with E-state index >= 15 is 0 Å². The van der Waals surface area contributed by atoms with Crippen LogP contribution in [0.4, 0.5) is 0 Å². The number of carbonyl (C=O) groups is 1. The van der Waals surface area contributed by atoms with E-state index in [0.29, 0.717) is 18.5 Å². The molecule has 0 saturated carbocycles. The Kier molecular flexibility index (Phi) is 3.72. The van der Waals surface area contributed by atoms with Gasteiger partial charge in [0.15, 0.2) is 5.49 Å². The van der Waals surface area contributed by atoms with Gasteiger partial charge < -0.3 is 10.3 Å². The van der Waals surface area contributed by atoms with E-state index in [0.717, 1.165) is 4.73 Å². The van der Waals surface area contributed by atoms with E-state index in [1.54, 1.807) is 18.2 Å². The number of nitrogens with zero attached hydrogens (tertiary/aromatic N) is 2. The molecule has 0 aliphatic heterocycles. The Hall–Kier alpha value is -1.78. The maximum absolute atomic E-state index is 10.2. The Balaban J connectivity index is 2.53. The van der Waals surface area contributed by atoms with Gasteiger partial charge >= 0.3 is 5.97 Å². The van der Waals surface area contributed by atoms with Crippen LogP contribution in [0.15, 0.2) is 29.4 Å². The van der Waals surface area contributed by atoms with Gasteiger partial charge in [-0.15, -0.1) is 0 Å². The zero-order valence-corrected chi connectivity index (χ0v) is 7.63. The molecule has 0 unspecified atom stereocenters. The van der Waals surface area contributed by atoms with E-state index < -0.39 is 5.97 Å². The van der Waals surface area contributed by atoms with Gasteiger partial charge in [-0.05, 0) is 18.6 Å². The van der Waals surface area contributed by atoms with Crippen molar-refractivity contribution < 1.29 is 15.1 Å². The molecule has 0 aliphatic carbocycles. The number of carboxylic acid groups (broad SMARTS) is 1. The molecule has 1 rings (SSSR count). The van der Waals surface area contributed by atoms with Crippen LogP contribution in [0.5, 0.6) is 0 Å². The van der Waals surface area contributed by atoms with Crippen LogP contribution >= 0.6 is 0 Å². The molecule has 0 spiro atoms. The molecule has 0 atom stereocenters. The first kappa shape index (κ1) is 10.3. The highest BCUT2D eigenvalue weighted by atomic mass is 16.5. The van der Waals surface area contributed by atoms with Gasteiger partial charge in [0.25, 0.3) is 0 Å². The fourth-order valence-corrected chi connectivity index (χ4v) is 0.975. The number of pyridine rings is 1. The van der Waals surface area contributed by atoms with Crippen molar-refractivity contribution in [2.24, 2.45) is 4.99 Å². The first-order valence-corrected chi connectivity index (χ1v) is 4.29. The van der Waals surface area contributed by atoms with Crippen LogP contribution in [-0.2, 0) is 4.79 Å². The van der Waals surface area contributed by atoms with Crippen molar-refractivity contribution in [3.63, 3.8) is 0 Å². The first-order chi connectivity index (χ1) is 6.70. The zero-order chi connectivity index (χ0) is 10.4. The van der Waals surface area contributed by atoms with E-state index in [2.05, 4.69) is 4.99 Å². The number of aromatic nitrogens is 1. The number of hydrogen-bond donors (Lipinski definition) is 2. The van der Waals surface area contributed by atoms with Crippen LogP contribution < -0.4 is 5.49 Å². The molecule has 0 aromatic carbocycles. The third kappa shape index (κ3) is 3.30. The van der Waals surface area contributed by atoms with Crippen molar-refractivity contribution in [1.82, 2.24) is 4.73 Å². The van der Waals surface area contributed by atoms with Crippen LogP contribution in [-0.4, -0.2) is 27.6 Å². The maximum Gasteiger partial charge on any atom is 0.303 e. The highest BCUT2D eigenvalue weighted by molar-refractivity contribution is 5.66. The third-order valence-corrected chi connectivity index (χ3v) is 1.64. The lowest BCUT2D eigenvalue weighted by atomic mass is 10.3. The first-order valence-electron chi connectivity index (χ1n) is 4.29. The van der Waals surface area contributed by atoms with Gasteiger partial charge in [-0.1, -0.05) is 6.07 Å². The Labute approximate surface area is 80.9 Å². The Morgan fingerprint density at radius 3 is 2.93 bits per heavy atom. The number of aliphatic carboxylic acids is 1. The Bertz CT molecular complexity index is 370. The molecule has 0 radical (unpaired) electrons. The fourth-order valence-electron chi connectivity index (χ4n) is 0.975. The normalized spacial score (nSPS) is 11.6. The summed E-state index contributed by atoms with van der Waals surface area (Å²) >= 11 is 0. The number of hydrogen-bond acceptors (Lipinski definition) is 3. The summed E-state index contributed by atoms with van der Waals surface area (Å²) in [6.45, 7) is 0.400. The minimum Gasteiger partial charge on any atom is -0.481 e. The van der Waals surface area contributed by atoms with E-state index in [1.807, 2.05) is 0 Å². The smallest absolute Gasteiger partial charge is 0.303 e. The molecule has 0 bridgehead atoms. The van der Waals surface area contributed by atoms with Gasteiger partial charge in [-0.2, -0.15) is 4.73 Å². The van der Waals surface area contributed by atoms with Crippen molar-refractivity contribution in [2.75, 3.05) is 6.54 Å². The fraction of sp³-hybridized carbons (Fsp3) is 0.333. The molecule has 1 aromatic rings. The van der Waals surface area contributed by atoms with Gasteiger partial charge in [0.2, 0.25) is 0 Å². The van der Waals surface area contributed by atoms with Gasteiger partial charge in [0.1, 0.15) is 0 Å². The molecule has 1 heterocycles. The largest absolute Gasteiger partial charge is 0.481 e. The summed E-state index contributed by atoms with van der Waals surface area (Å²) in [7, 11) is 0. The lowest BCUT2D eigenvalue weighted by Crippen LogP contribution is -2.17. The highest BCUT2D eigenvalue weighted by Gasteiger charge is 1.94. The van der Waals surface area contributed by atoms with E-state index in [9.17, 15) is 10.0 Å². The van der Waals surface area contributed by atoms with Crippen LogP contribution in [0.1, 0.15) is 12.8 Å². The molecular formula is C9H12N2O3. The SMILES string of the molecule is O=C(O)CCCN=c1ccccn1O. The monoisotopic (exact) mass is 196 g/mol. The molecule has 5 nitrogen and oxygen atoms in total. The lowest BCUT2D eigenvalue weighted by Gasteiger charge is -1.96. The van der Waals surface area contributed by atoms with Crippen molar-refractivity contribution in [2.45, 2.75) is 12.8 Å². The summed E-state index contributed by atoms with van der Waals surface area (Å²) in [5.41, 5.74) is 0.429. The van der Waals surface area contributed by atoms with Crippen molar-refractivity contribution in [3.8, 4) is 0 Å². The van der Waals surface area contributed by atoms with Gasteiger partial charge in [-0.25, -0.2) is 0 Å². The Morgan fingerprint density at radius 1 is 1.50 bits per heavy atom. The average molecular weight is 196 g/mol. The molecule has 0 aliphatic rings. The predicted molar refractivity (Wildman–Crippen MR) is 48.9 cm³/mol. The molecule has 5 heteroatoms. The van der Waals surface area contributed by atoms with Crippen molar-refractivity contribution >= 4 is 5.97 Å². The second-order valence-corrected chi connectivity index (χ2v) is 2.78. The molecule has 0 saturated heterocycles. The quantitative estimate of drug-likeness (QED) is 0.543. The molecule has 14 heavy (non-hydrogen) atoms. The summed E-state index contributed by atoms with van der Waals surface area (Å²) in [5.74, 6) is -0.829. The topological polar surface area (TPSA) is 74.8 Å². The van der Waals surface area contributed by atoms with Crippen LogP contribution in [0.2, 0.25) is 0 Å². The van der Waals surface area contributed by atoms with Crippen molar-refractivity contribution in [1.29, 1.82) is 0 Å². The molecular weight excluding hydrogens is 184 g/mol. The van der Waals surface area contributed by atoms with Crippen molar-refractivity contribution in [3.05, 3.63) is 29.9 Å². The highest BCUT2D eigenvalue weighted by Crippen LogP contribution is 1.88. The summed E-state index contributed by atoms with van der Waals surface area (Å²) in [6, 6.07) is 5.08. The number of rotatable bonds is 4. The summed E-state index contributed by atoms with van der Waals surface area (Å²) < 4.78 is 0.904. The molecule has 0 fully saturated rings. The van der Waals surface area contributed by atoms with Crippen LogP contribution in [0, 0.1) is 0 Å². The van der Waals surface area contributed by atoms with Gasteiger partial charge in [-0.3, -0.25) is 9.79 Å². The van der Waals surface area contributed by atoms with E-state index in [1.165, 1.54) is 6.20 Å². The third-order valence-electron chi connectivity index (χ3n) is 1.64. The minimum atomic E-state index is -0.829. The van der Waals surface area contributed by atoms with E-state index in [4.69, 9.17) is 5.11 Å². The molecule has 76 valence electrons. The summed E-state index contributed by atoms with van der Waals surface area (Å²) in [5, 5.41) is 17.6. The molecule has 0 amide bonds. The molecule has 1 aromatic heterocycles.